The van der Waals surface area contributed by atoms with Gasteiger partial charge in [0, 0.05) is 50.4 Å². The number of rotatable bonds is 6. The lowest BCUT2D eigenvalue weighted by Crippen LogP contribution is -2.45. The molecule has 2 amide bonds. The number of piperidine rings is 1. The fourth-order valence-corrected chi connectivity index (χ4v) is 3.82. The van der Waals surface area contributed by atoms with E-state index < -0.39 is 0 Å². The van der Waals surface area contributed by atoms with Gasteiger partial charge in [-0.15, -0.1) is 0 Å². The SMILES string of the molecule is CC1CC1C(=O)NCCC1CCCCN1C(=O)c1ccc(N(C)C)cc1. The van der Waals surface area contributed by atoms with Crippen LogP contribution in [0.25, 0.3) is 0 Å². The number of carbonyl (C=O) groups excluding carboxylic acids is 2. The van der Waals surface area contributed by atoms with Crippen LogP contribution in [0.15, 0.2) is 24.3 Å². The Morgan fingerprint density at radius 1 is 1.19 bits per heavy atom. The largest absolute Gasteiger partial charge is 0.378 e. The first kappa shape index (κ1) is 18.7. The molecule has 26 heavy (non-hydrogen) atoms. The van der Waals surface area contributed by atoms with Crippen molar-refractivity contribution in [3.63, 3.8) is 0 Å². The molecule has 1 aliphatic carbocycles. The van der Waals surface area contributed by atoms with Gasteiger partial charge in [0.1, 0.15) is 0 Å². The third-order valence-corrected chi connectivity index (χ3v) is 5.74. The summed E-state index contributed by atoms with van der Waals surface area (Å²) in [4.78, 5) is 29.0. The zero-order chi connectivity index (χ0) is 18.7. The topological polar surface area (TPSA) is 52.7 Å². The second kappa shape index (κ2) is 8.11. The molecule has 1 N–H and O–H groups in total. The monoisotopic (exact) mass is 357 g/mol. The number of anilines is 1. The number of nitrogens with zero attached hydrogens (tertiary/aromatic N) is 2. The fourth-order valence-electron chi connectivity index (χ4n) is 3.82. The lowest BCUT2D eigenvalue weighted by atomic mass is 9.98. The molecule has 3 unspecified atom stereocenters. The molecule has 0 radical (unpaired) electrons. The van der Waals surface area contributed by atoms with Crippen molar-refractivity contribution in [2.75, 3.05) is 32.1 Å². The molecule has 2 fully saturated rings. The Morgan fingerprint density at radius 3 is 2.50 bits per heavy atom. The summed E-state index contributed by atoms with van der Waals surface area (Å²) in [6, 6.07) is 8.03. The molecule has 3 rings (SSSR count). The Balaban J connectivity index is 1.57. The summed E-state index contributed by atoms with van der Waals surface area (Å²) in [6.45, 7) is 3.59. The summed E-state index contributed by atoms with van der Waals surface area (Å²) in [7, 11) is 3.99. The zero-order valence-electron chi connectivity index (χ0n) is 16.2. The Bertz CT molecular complexity index is 641. The molecule has 1 heterocycles. The van der Waals surface area contributed by atoms with Gasteiger partial charge in [0.25, 0.3) is 5.91 Å². The van der Waals surface area contributed by atoms with Crippen LogP contribution in [0.4, 0.5) is 5.69 Å². The highest BCUT2D eigenvalue weighted by Crippen LogP contribution is 2.37. The van der Waals surface area contributed by atoms with Crippen LogP contribution in [0.5, 0.6) is 0 Å². The summed E-state index contributed by atoms with van der Waals surface area (Å²) < 4.78 is 0. The van der Waals surface area contributed by atoms with Gasteiger partial charge in [-0.25, -0.2) is 0 Å². The maximum absolute atomic E-state index is 13.0. The van der Waals surface area contributed by atoms with Gasteiger partial charge in [0.05, 0.1) is 0 Å². The molecule has 1 aromatic rings. The highest BCUT2D eigenvalue weighted by Gasteiger charge is 2.39. The molecule has 1 aromatic carbocycles. The van der Waals surface area contributed by atoms with Crippen LogP contribution >= 0.6 is 0 Å². The Morgan fingerprint density at radius 2 is 1.88 bits per heavy atom. The number of hydrogen-bond donors (Lipinski definition) is 1. The van der Waals surface area contributed by atoms with Crippen molar-refractivity contribution in [2.45, 2.75) is 45.1 Å². The standard InChI is InChI=1S/C21H31N3O2/c1-15-14-19(15)20(25)22-12-11-18-6-4-5-13-24(18)21(26)16-7-9-17(10-8-16)23(2)3/h7-10,15,18-19H,4-6,11-14H2,1-3H3,(H,22,25). The molecular formula is C21H31N3O2. The molecule has 1 saturated carbocycles. The van der Waals surface area contributed by atoms with E-state index in [1.807, 2.05) is 48.2 Å². The van der Waals surface area contributed by atoms with Gasteiger partial charge in [-0.05, 0) is 62.3 Å². The first-order chi connectivity index (χ1) is 12.5. The molecule has 3 atom stereocenters. The number of nitrogens with one attached hydrogen (secondary N) is 1. The predicted molar refractivity (Wildman–Crippen MR) is 104 cm³/mol. The second-order valence-electron chi connectivity index (χ2n) is 7.99. The number of benzene rings is 1. The molecule has 5 heteroatoms. The van der Waals surface area contributed by atoms with Crippen molar-refractivity contribution in [1.29, 1.82) is 0 Å². The molecule has 0 aromatic heterocycles. The van der Waals surface area contributed by atoms with Gasteiger partial charge in [0.2, 0.25) is 5.91 Å². The summed E-state index contributed by atoms with van der Waals surface area (Å²) >= 11 is 0. The Hall–Kier alpha value is -2.04. The fraction of sp³-hybridized carbons (Fsp3) is 0.619. The van der Waals surface area contributed by atoms with E-state index in [1.165, 1.54) is 0 Å². The summed E-state index contributed by atoms with van der Waals surface area (Å²) in [5, 5.41) is 3.06. The van der Waals surface area contributed by atoms with Gasteiger partial charge in [-0.3, -0.25) is 9.59 Å². The summed E-state index contributed by atoms with van der Waals surface area (Å²) in [5.74, 6) is 1.05. The van der Waals surface area contributed by atoms with E-state index in [4.69, 9.17) is 0 Å². The lowest BCUT2D eigenvalue weighted by Gasteiger charge is -2.36. The van der Waals surface area contributed by atoms with Crippen LogP contribution < -0.4 is 10.2 Å². The zero-order valence-corrected chi connectivity index (χ0v) is 16.2. The Labute approximate surface area is 156 Å². The van der Waals surface area contributed by atoms with E-state index in [0.717, 1.165) is 49.9 Å². The van der Waals surface area contributed by atoms with Crippen LogP contribution in [0, 0.1) is 11.8 Å². The van der Waals surface area contributed by atoms with E-state index in [-0.39, 0.29) is 23.8 Å². The normalized spacial score (nSPS) is 24.9. The number of carbonyl (C=O) groups is 2. The number of likely N-dealkylation sites (tertiary alicyclic amines) is 1. The maximum atomic E-state index is 13.0. The van der Waals surface area contributed by atoms with E-state index in [2.05, 4.69) is 12.2 Å². The van der Waals surface area contributed by atoms with E-state index in [0.29, 0.717) is 12.5 Å². The third-order valence-electron chi connectivity index (χ3n) is 5.74. The minimum atomic E-state index is 0.113. The van der Waals surface area contributed by atoms with E-state index >= 15 is 0 Å². The highest BCUT2D eigenvalue weighted by atomic mass is 16.2. The molecule has 1 saturated heterocycles. The molecule has 0 bridgehead atoms. The third kappa shape index (κ3) is 4.37. The first-order valence-corrected chi connectivity index (χ1v) is 9.83. The van der Waals surface area contributed by atoms with Crippen LogP contribution in [-0.2, 0) is 4.79 Å². The number of hydrogen-bond acceptors (Lipinski definition) is 3. The van der Waals surface area contributed by atoms with Crippen molar-refractivity contribution >= 4 is 17.5 Å². The minimum Gasteiger partial charge on any atom is -0.378 e. The molecule has 1 aliphatic heterocycles. The van der Waals surface area contributed by atoms with Crippen molar-refractivity contribution in [3.05, 3.63) is 29.8 Å². The van der Waals surface area contributed by atoms with Gasteiger partial charge < -0.3 is 15.1 Å². The molecule has 5 nitrogen and oxygen atoms in total. The number of amides is 2. The average molecular weight is 357 g/mol. The van der Waals surface area contributed by atoms with E-state index in [9.17, 15) is 9.59 Å². The van der Waals surface area contributed by atoms with Crippen molar-refractivity contribution in [2.24, 2.45) is 11.8 Å². The first-order valence-electron chi connectivity index (χ1n) is 9.83. The van der Waals surface area contributed by atoms with Crippen LogP contribution in [0.1, 0.15) is 49.4 Å². The molecule has 142 valence electrons. The van der Waals surface area contributed by atoms with Crippen LogP contribution in [-0.4, -0.2) is 49.9 Å². The van der Waals surface area contributed by atoms with E-state index in [1.54, 1.807) is 0 Å². The second-order valence-corrected chi connectivity index (χ2v) is 7.99. The maximum Gasteiger partial charge on any atom is 0.254 e. The molecule has 2 aliphatic rings. The Kier molecular flexibility index (Phi) is 5.84. The summed E-state index contributed by atoms with van der Waals surface area (Å²) in [6.07, 6.45) is 5.10. The van der Waals surface area contributed by atoms with Gasteiger partial charge in [-0.1, -0.05) is 6.92 Å². The highest BCUT2D eigenvalue weighted by molar-refractivity contribution is 5.94. The molecule has 0 spiro atoms. The smallest absolute Gasteiger partial charge is 0.254 e. The van der Waals surface area contributed by atoms with Crippen molar-refractivity contribution < 1.29 is 9.59 Å². The minimum absolute atomic E-state index is 0.113. The lowest BCUT2D eigenvalue weighted by molar-refractivity contribution is -0.122. The molecular weight excluding hydrogens is 326 g/mol. The van der Waals surface area contributed by atoms with Crippen LogP contribution in [0.2, 0.25) is 0 Å². The van der Waals surface area contributed by atoms with Crippen molar-refractivity contribution in [1.82, 2.24) is 10.2 Å². The van der Waals surface area contributed by atoms with Crippen molar-refractivity contribution in [3.8, 4) is 0 Å². The van der Waals surface area contributed by atoms with Gasteiger partial charge in [-0.2, -0.15) is 0 Å². The van der Waals surface area contributed by atoms with Crippen LogP contribution in [0.3, 0.4) is 0 Å². The average Bonchev–Trinajstić information content (AvgIpc) is 3.38. The van der Waals surface area contributed by atoms with Gasteiger partial charge in [0.15, 0.2) is 0 Å². The summed E-state index contributed by atoms with van der Waals surface area (Å²) in [5.41, 5.74) is 1.84. The quantitative estimate of drug-likeness (QED) is 0.852. The van der Waals surface area contributed by atoms with Gasteiger partial charge >= 0.3 is 0 Å². The predicted octanol–water partition coefficient (Wildman–Crippen LogP) is 2.91.